The Morgan fingerprint density at radius 1 is 1.41 bits per heavy atom. The molecule has 2 aliphatic rings. The first-order valence-electron chi connectivity index (χ1n) is 9.36. The monoisotopic (exact) mass is 500 g/mol. The molecule has 0 amide bonds. The Morgan fingerprint density at radius 3 is 3.00 bits per heavy atom. The number of hydrogen-bond acceptors (Lipinski definition) is 3. The van der Waals surface area contributed by atoms with Crippen molar-refractivity contribution in [3.05, 3.63) is 47.0 Å². The van der Waals surface area contributed by atoms with E-state index in [4.69, 9.17) is 16.6 Å². The summed E-state index contributed by atoms with van der Waals surface area (Å²) in [6.07, 6.45) is 5.97. The largest absolute Gasteiger partial charge is 0.357 e. The smallest absolute Gasteiger partial charge is 0.191 e. The van der Waals surface area contributed by atoms with Crippen LogP contribution in [0, 0.1) is 0 Å². The number of guanidine groups is 1. The molecule has 27 heavy (non-hydrogen) atoms. The van der Waals surface area contributed by atoms with Gasteiger partial charge in [-0.25, -0.2) is 9.67 Å². The molecule has 146 valence electrons. The molecule has 1 aliphatic carbocycles. The Hall–Kier alpha value is -1.35. The van der Waals surface area contributed by atoms with Crippen LogP contribution in [0.25, 0.3) is 0 Å². The summed E-state index contributed by atoms with van der Waals surface area (Å²) < 4.78 is 1.99. The third-order valence-corrected chi connectivity index (χ3v) is 5.56. The van der Waals surface area contributed by atoms with Gasteiger partial charge in [0.15, 0.2) is 5.96 Å². The maximum Gasteiger partial charge on any atom is 0.191 e. The van der Waals surface area contributed by atoms with Crippen molar-refractivity contribution < 1.29 is 0 Å². The highest BCUT2D eigenvalue weighted by atomic mass is 127. The van der Waals surface area contributed by atoms with Crippen LogP contribution < -0.4 is 10.6 Å². The second-order valence-electron chi connectivity index (χ2n) is 7.22. The molecule has 2 N–H and O–H groups in total. The number of fused-ring (bicyclic) bond motifs is 1. The average molecular weight is 501 g/mol. The van der Waals surface area contributed by atoms with E-state index < -0.39 is 0 Å². The number of nitrogens with zero attached hydrogens (tertiary/aromatic N) is 4. The molecule has 1 fully saturated rings. The lowest BCUT2D eigenvalue weighted by Crippen LogP contribution is -2.47. The molecule has 0 bridgehead atoms. The first-order valence-corrected chi connectivity index (χ1v) is 9.74. The van der Waals surface area contributed by atoms with Crippen molar-refractivity contribution in [1.82, 2.24) is 25.4 Å². The standard InChI is InChI=1S/C19H25ClN6.HI/c1-2-21-18(25-16-6-7-17-23-13-24-26(17)11-16)22-12-19(8-9-19)14-4-3-5-15(20)10-14;/h3-5,10,13,16H,2,6-9,11-12H2,1H3,(H2,21,22,25);1H. The molecule has 4 rings (SSSR count). The lowest BCUT2D eigenvalue weighted by molar-refractivity contribution is 0.392. The quantitative estimate of drug-likeness (QED) is 0.376. The molecule has 8 heteroatoms. The van der Waals surface area contributed by atoms with Gasteiger partial charge in [0.1, 0.15) is 12.2 Å². The van der Waals surface area contributed by atoms with Gasteiger partial charge in [-0.15, -0.1) is 24.0 Å². The van der Waals surface area contributed by atoms with Gasteiger partial charge in [0.25, 0.3) is 0 Å². The Labute approximate surface area is 182 Å². The van der Waals surface area contributed by atoms with Crippen molar-refractivity contribution in [3.8, 4) is 0 Å². The van der Waals surface area contributed by atoms with E-state index in [1.807, 2.05) is 16.8 Å². The molecule has 1 saturated carbocycles. The second kappa shape index (κ2) is 8.77. The summed E-state index contributed by atoms with van der Waals surface area (Å²) in [6, 6.07) is 8.53. The van der Waals surface area contributed by atoms with Crippen LogP contribution in [0.5, 0.6) is 0 Å². The van der Waals surface area contributed by atoms with E-state index in [9.17, 15) is 0 Å². The van der Waals surface area contributed by atoms with E-state index in [1.54, 1.807) is 6.33 Å². The molecule has 0 spiro atoms. The fraction of sp³-hybridized carbons (Fsp3) is 0.526. The van der Waals surface area contributed by atoms with E-state index >= 15 is 0 Å². The van der Waals surface area contributed by atoms with Gasteiger partial charge in [0, 0.05) is 29.4 Å². The summed E-state index contributed by atoms with van der Waals surface area (Å²) >= 11 is 6.18. The molecular weight excluding hydrogens is 475 g/mol. The van der Waals surface area contributed by atoms with Crippen molar-refractivity contribution in [2.45, 2.75) is 50.6 Å². The molecule has 0 radical (unpaired) electrons. The minimum absolute atomic E-state index is 0. The zero-order valence-electron chi connectivity index (χ0n) is 15.5. The van der Waals surface area contributed by atoms with Crippen LogP contribution in [0.1, 0.15) is 37.6 Å². The van der Waals surface area contributed by atoms with Crippen LogP contribution in [-0.2, 0) is 18.4 Å². The number of aromatic nitrogens is 3. The minimum Gasteiger partial charge on any atom is -0.357 e. The van der Waals surface area contributed by atoms with Gasteiger partial charge >= 0.3 is 0 Å². The molecule has 0 saturated heterocycles. The topological polar surface area (TPSA) is 67.1 Å². The predicted molar refractivity (Wildman–Crippen MR) is 119 cm³/mol. The predicted octanol–water partition coefficient (Wildman–Crippen LogP) is 3.15. The first-order chi connectivity index (χ1) is 12.7. The summed E-state index contributed by atoms with van der Waals surface area (Å²) in [5.41, 5.74) is 1.45. The van der Waals surface area contributed by atoms with Gasteiger partial charge in [0.05, 0.1) is 13.1 Å². The average Bonchev–Trinajstić information content (AvgIpc) is 3.29. The third kappa shape index (κ3) is 4.74. The summed E-state index contributed by atoms with van der Waals surface area (Å²) in [5.74, 6) is 1.96. The highest BCUT2D eigenvalue weighted by Crippen LogP contribution is 2.48. The Bertz CT molecular complexity index is 801. The molecule has 1 aromatic heterocycles. The Morgan fingerprint density at radius 2 is 2.26 bits per heavy atom. The number of rotatable bonds is 5. The van der Waals surface area contributed by atoms with Gasteiger partial charge in [-0.1, -0.05) is 23.7 Å². The normalized spacial score (nSPS) is 20.4. The molecule has 2 heterocycles. The van der Waals surface area contributed by atoms with E-state index in [-0.39, 0.29) is 29.4 Å². The first kappa shape index (κ1) is 20.4. The fourth-order valence-electron chi connectivity index (χ4n) is 3.61. The van der Waals surface area contributed by atoms with Crippen molar-refractivity contribution in [3.63, 3.8) is 0 Å². The lowest BCUT2D eigenvalue weighted by Gasteiger charge is -2.25. The van der Waals surface area contributed by atoms with E-state index in [0.29, 0.717) is 6.04 Å². The maximum atomic E-state index is 6.18. The molecule has 1 aliphatic heterocycles. The van der Waals surface area contributed by atoms with E-state index in [1.165, 1.54) is 18.4 Å². The maximum absolute atomic E-state index is 6.18. The lowest BCUT2D eigenvalue weighted by atomic mass is 9.96. The third-order valence-electron chi connectivity index (χ3n) is 5.32. The molecule has 2 aromatic rings. The van der Waals surface area contributed by atoms with Crippen LogP contribution in [0.3, 0.4) is 0 Å². The highest BCUT2D eigenvalue weighted by molar-refractivity contribution is 14.0. The van der Waals surface area contributed by atoms with E-state index in [2.05, 4.69) is 39.8 Å². The molecule has 1 unspecified atom stereocenters. The zero-order chi connectivity index (χ0) is 18.0. The Kier molecular flexibility index (Phi) is 6.62. The van der Waals surface area contributed by atoms with Crippen LogP contribution in [0.4, 0.5) is 0 Å². The number of aliphatic imine (C=N–C) groups is 1. The van der Waals surface area contributed by atoms with Crippen LogP contribution >= 0.6 is 35.6 Å². The molecule has 1 aromatic carbocycles. The van der Waals surface area contributed by atoms with Crippen LogP contribution in [0.15, 0.2) is 35.6 Å². The summed E-state index contributed by atoms with van der Waals surface area (Å²) in [5, 5.41) is 12.0. The number of nitrogens with one attached hydrogen (secondary N) is 2. The van der Waals surface area contributed by atoms with Crippen LogP contribution in [-0.4, -0.2) is 39.9 Å². The Balaban J connectivity index is 0.00000210. The SMILES string of the molecule is CCNC(=NCC1(c2cccc(Cl)c2)CC1)NC1CCc2ncnn2C1.I. The molecular formula is C19H26ClIN6. The van der Waals surface area contributed by atoms with Gasteiger partial charge in [-0.3, -0.25) is 4.99 Å². The minimum atomic E-state index is 0. The molecule has 6 nitrogen and oxygen atoms in total. The number of hydrogen-bond donors (Lipinski definition) is 2. The van der Waals surface area contributed by atoms with Crippen molar-refractivity contribution in [2.24, 2.45) is 4.99 Å². The highest BCUT2D eigenvalue weighted by Gasteiger charge is 2.44. The molecule has 1 atom stereocenters. The van der Waals surface area contributed by atoms with Crippen molar-refractivity contribution >= 4 is 41.5 Å². The second-order valence-corrected chi connectivity index (χ2v) is 7.66. The number of benzene rings is 1. The van der Waals surface area contributed by atoms with Gasteiger partial charge in [-0.05, 0) is 43.9 Å². The summed E-state index contributed by atoms with van der Waals surface area (Å²) in [6.45, 7) is 4.55. The number of halogens is 2. The van der Waals surface area contributed by atoms with Crippen molar-refractivity contribution in [2.75, 3.05) is 13.1 Å². The summed E-state index contributed by atoms with van der Waals surface area (Å²) in [7, 11) is 0. The summed E-state index contributed by atoms with van der Waals surface area (Å²) in [4.78, 5) is 9.19. The fourth-order valence-corrected chi connectivity index (χ4v) is 3.80. The zero-order valence-corrected chi connectivity index (χ0v) is 18.6. The van der Waals surface area contributed by atoms with Gasteiger partial charge in [0.2, 0.25) is 0 Å². The number of aryl methyl sites for hydroxylation is 1. The van der Waals surface area contributed by atoms with Gasteiger partial charge < -0.3 is 10.6 Å². The van der Waals surface area contributed by atoms with Crippen LogP contribution in [0.2, 0.25) is 5.02 Å². The van der Waals surface area contributed by atoms with Crippen molar-refractivity contribution in [1.29, 1.82) is 0 Å². The van der Waals surface area contributed by atoms with E-state index in [0.717, 1.165) is 49.3 Å². The van der Waals surface area contributed by atoms with Gasteiger partial charge in [-0.2, -0.15) is 5.10 Å².